The second-order valence-electron chi connectivity index (χ2n) is 3.28. The highest BCUT2D eigenvalue weighted by Gasteiger charge is 2.12. The van der Waals surface area contributed by atoms with Gasteiger partial charge in [0.2, 0.25) is 0 Å². The Morgan fingerprint density at radius 1 is 1.50 bits per heavy atom. The Balaban J connectivity index is 2.58. The van der Waals surface area contributed by atoms with Crippen molar-refractivity contribution in [2.24, 2.45) is 0 Å². The van der Waals surface area contributed by atoms with Crippen LogP contribution in [0.15, 0.2) is 23.6 Å². The van der Waals surface area contributed by atoms with Crippen molar-refractivity contribution in [3.63, 3.8) is 0 Å². The second kappa shape index (κ2) is 3.90. The zero-order valence-corrected chi connectivity index (χ0v) is 9.32. The van der Waals surface area contributed by atoms with E-state index in [1.165, 1.54) is 12.1 Å². The van der Waals surface area contributed by atoms with Crippen molar-refractivity contribution in [1.82, 2.24) is 4.98 Å². The predicted molar refractivity (Wildman–Crippen MR) is 63.4 cm³/mol. The van der Waals surface area contributed by atoms with Crippen LogP contribution in [0.5, 0.6) is 0 Å². The summed E-state index contributed by atoms with van der Waals surface area (Å²) in [6, 6.07) is 4.57. The van der Waals surface area contributed by atoms with Gasteiger partial charge in [-0.05, 0) is 18.4 Å². The van der Waals surface area contributed by atoms with Gasteiger partial charge in [-0.2, -0.15) is 0 Å². The van der Waals surface area contributed by atoms with Gasteiger partial charge in [0.25, 0.3) is 5.69 Å². The van der Waals surface area contributed by atoms with E-state index in [0.717, 1.165) is 10.4 Å². The molecule has 0 amide bonds. The third kappa shape index (κ3) is 1.87. The third-order valence-corrected chi connectivity index (χ3v) is 3.02. The molecule has 82 valence electrons. The molecule has 0 aromatic carbocycles. The monoisotopic (exact) mass is 235 g/mol. The van der Waals surface area contributed by atoms with E-state index in [1.807, 2.05) is 18.4 Å². The molecule has 2 aromatic rings. The molecule has 0 saturated heterocycles. The molecule has 6 heteroatoms. The molecule has 0 atom stereocenters. The first-order valence-electron chi connectivity index (χ1n) is 4.54. The molecule has 0 radical (unpaired) electrons. The lowest BCUT2D eigenvalue weighted by Gasteiger charge is -2.01. The predicted octanol–water partition coefficient (Wildman–Crippen LogP) is 2.61. The fourth-order valence-electron chi connectivity index (χ4n) is 1.43. The Morgan fingerprint density at radius 3 is 2.81 bits per heavy atom. The average Bonchev–Trinajstić information content (AvgIpc) is 2.63. The van der Waals surface area contributed by atoms with Crippen molar-refractivity contribution in [2.45, 2.75) is 6.92 Å². The molecule has 16 heavy (non-hydrogen) atoms. The number of anilines is 1. The first kappa shape index (κ1) is 10.6. The van der Waals surface area contributed by atoms with E-state index < -0.39 is 4.92 Å². The molecular weight excluding hydrogens is 226 g/mol. The number of pyridine rings is 1. The lowest BCUT2D eigenvalue weighted by atomic mass is 10.1. The minimum Gasteiger partial charge on any atom is -0.383 e. The van der Waals surface area contributed by atoms with Gasteiger partial charge in [0.05, 0.1) is 16.7 Å². The van der Waals surface area contributed by atoms with Gasteiger partial charge in [-0.3, -0.25) is 10.1 Å². The van der Waals surface area contributed by atoms with Gasteiger partial charge in [-0.25, -0.2) is 4.98 Å². The number of nitrogens with two attached hydrogens (primary N) is 1. The highest BCUT2D eigenvalue weighted by atomic mass is 32.1. The zero-order valence-electron chi connectivity index (χ0n) is 8.51. The molecule has 2 heterocycles. The molecule has 2 rings (SSSR count). The molecule has 0 bridgehead atoms. The molecular formula is C10H9N3O2S. The third-order valence-electron chi connectivity index (χ3n) is 2.18. The fraction of sp³-hybridized carbons (Fsp3) is 0.100. The minimum absolute atomic E-state index is 0.0342. The van der Waals surface area contributed by atoms with Gasteiger partial charge in [0, 0.05) is 16.5 Å². The maximum Gasteiger partial charge on any atom is 0.275 e. The molecule has 0 aliphatic heterocycles. The maximum absolute atomic E-state index is 10.7. The molecule has 2 aromatic heterocycles. The number of aryl methyl sites for hydroxylation is 1. The summed E-state index contributed by atoms with van der Waals surface area (Å²) in [6.07, 6.45) is 0. The molecule has 0 spiro atoms. The number of nitrogen functional groups attached to an aromatic ring is 1. The van der Waals surface area contributed by atoms with E-state index in [4.69, 9.17) is 5.73 Å². The Labute approximate surface area is 95.7 Å². The summed E-state index contributed by atoms with van der Waals surface area (Å²) < 4.78 is 0. The summed E-state index contributed by atoms with van der Waals surface area (Å²) >= 11 is 1.57. The SMILES string of the molecule is Cc1sccc1-c1cc([N+](=O)[O-])cc(N)n1. The first-order valence-corrected chi connectivity index (χ1v) is 5.42. The van der Waals surface area contributed by atoms with Crippen molar-refractivity contribution < 1.29 is 4.92 Å². The van der Waals surface area contributed by atoms with Crippen LogP contribution in [0.1, 0.15) is 4.88 Å². The van der Waals surface area contributed by atoms with Gasteiger partial charge < -0.3 is 5.73 Å². The quantitative estimate of drug-likeness (QED) is 0.640. The number of nitro groups is 1. The Hall–Kier alpha value is -1.95. The van der Waals surface area contributed by atoms with Crippen LogP contribution in [0.3, 0.4) is 0 Å². The van der Waals surface area contributed by atoms with Gasteiger partial charge >= 0.3 is 0 Å². The van der Waals surface area contributed by atoms with Crippen LogP contribution in [0.2, 0.25) is 0 Å². The topological polar surface area (TPSA) is 82.0 Å². The lowest BCUT2D eigenvalue weighted by molar-refractivity contribution is -0.384. The number of hydrogen-bond acceptors (Lipinski definition) is 5. The smallest absolute Gasteiger partial charge is 0.275 e. The van der Waals surface area contributed by atoms with E-state index in [2.05, 4.69) is 4.98 Å². The number of rotatable bonds is 2. The summed E-state index contributed by atoms with van der Waals surface area (Å²) in [7, 11) is 0. The van der Waals surface area contributed by atoms with Crippen molar-refractivity contribution in [2.75, 3.05) is 5.73 Å². The summed E-state index contributed by atoms with van der Waals surface area (Å²) in [5.41, 5.74) is 6.94. The van der Waals surface area contributed by atoms with E-state index in [-0.39, 0.29) is 11.5 Å². The van der Waals surface area contributed by atoms with Crippen molar-refractivity contribution >= 4 is 22.8 Å². The van der Waals surface area contributed by atoms with E-state index >= 15 is 0 Å². The van der Waals surface area contributed by atoms with Crippen molar-refractivity contribution in [1.29, 1.82) is 0 Å². The van der Waals surface area contributed by atoms with Crippen LogP contribution >= 0.6 is 11.3 Å². The molecule has 0 aliphatic carbocycles. The van der Waals surface area contributed by atoms with Crippen LogP contribution in [-0.2, 0) is 0 Å². The molecule has 0 saturated carbocycles. The zero-order chi connectivity index (χ0) is 11.7. The van der Waals surface area contributed by atoms with Crippen molar-refractivity contribution in [3.8, 4) is 11.3 Å². The molecule has 5 nitrogen and oxygen atoms in total. The molecule has 0 fully saturated rings. The second-order valence-corrected chi connectivity index (χ2v) is 4.40. The van der Waals surface area contributed by atoms with Crippen LogP contribution in [0.25, 0.3) is 11.3 Å². The van der Waals surface area contributed by atoms with Gasteiger partial charge in [0.1, 0.15) is 5.82 Å². The van der Waals surface area contributed by atoms with Crippen molar-refractivity contribution in [3.05, 3.63) is 38.6 Å². The van der Waals surface area contributed by atoms with Crippen LogP contribution in [-0.4, -0.2) is 9.91 Å². The highest BCUT2D eigenvalue weighted by molar-refractivity contribution is 7.10. The maximum atomic E-state index is 10.7. The fourth-order valence-corrected chi connectivity index (χ4v) is 2.14. The van der Waals surface area contributed by atoms with Crippen LogP contribution in [0, 0.1) is 17.0 Å². The van der Waals surface area contributed by atoms with E-state index in [0.29, 0.717) is 5.69 Å². The van der Waals surface area contributed by atoms with E-state index in [1.54, 1.807) is 11.3 Å². The standard InChI is InChI=1S/C10H9N3O2S/c1-6-8(2-3-16-6)9-4-7(13(14)15)5-10(11)12-9/h2-5H,1H3,(H2,11,12). The molecule has 0 aliphatic rings. The largest absolute Gasteiger partial charge is 0.383 e. The van der Waals surface area contributed by atoms with E-state index in [9.17, 15) is 10.1 Å². The van der Waals surface area contributed by atoms with Gasteiger partial charge in [-0.15, -0.1) is 11.3 Å². The number of hydrogen-bond donors (Lipinski definition) is 1. The summed E-state index contributed by atoms with van der Waals surface area (Å²) in [5.74, 6) is 0.162. The van der Waals surface area contributed by atoms with Gasteiger partial charge in [-0.1, -0.05) is 0 Å². The van der Waals surface area contributed by atoms with Crippen LogP contribution < -0.4 is 5.73 Å². The first-order chi connectivity index (χ1) is 7.58. The lowest BCUT2D eigenvalue weighted by Crippen LogP contribution is -1.96. The average molecular weight is 235 g/mol. The minimum atomic E-state index is -0.469. The summed E-state index contributed by atoms with van der Waals surface area (Å²) in [5, 5.41) is 12.6. The van der Waals surface area contributed by atoms with Crippen LogP contribution in [0.4, 0.5) is 11.5 Å². The number of aromatic nitrogens is 1. The molecule has 2 N–H and O–H groups in total. The Morgan fingerprint density at radius 2 is 2.25 bits per heavy atom. The number of nitrogens with zero attached hydrogens (tertiary/aromatic N) is 2. The molecule has 0 unspecified atom stereocenters. The van der Waals surface area contributed by atoms with Gasteiger partial charge in [0.15, 0.2) is 0 Å². The highest BCUT2D eigenvalue weighted by Crippen LogP contribution is 2.29. The number of thiophene rings is 1. The normalized spacial score (nSPS) is 10.3. The Kier molecular flexibility index (Phi) is 2.57. The Bertz CT molecular complexity index is 551. The summed E-state index contributed by atoms with van der Waals surface area (Å²) in [4.78, 5) is 15.4. The summed E-state index contributed by atoms with van der Waals surface area (Å²) in [6.45, 7) is 1.94.